The predicted molar refractivity (Wildman–Crippen MR) is 63.1 cm³/mol. The normalized spacial score (nSPS) is 18.9. The molecule has 6 heteroatoms. The molecule has 1 saturated heterocycles. The van der Waals surface area contributed by atoms with E-state index in [9.17, 15) is 9.59 Å². The van der Waals surface area contributed by atoms with E-state index in [1.165, 1.54) is 0 Å². The first kappa shape index (κ1) is 13.3. The van der Waals surface area contributed by atoms with Crippen LogP contribution in [0.3, 0.4) is 0 Å². The summed E-state index contributed by atoms with van der Waals surface area (Å²) in [7, 11) is 0. The Morgan fingerprint density at radius 1 is 1.50 bits per heavy atom. The Hall–Kier alpha value is -0.750. The van der Waals surface area contributed by atoms with Crippen molar-refractivity contribution in [2.75, 3.05) is 18.1 Å². The van der Waals surface area contributed by atoms with E-state index in [0.717, 1.165) is 24.3 Å². The zero-order valence-electron chi connectivity index (χ0n) is 9.40. The van der Waals surface area contributed by atoms with Gasteiger partial charge in [0.05, 0.1) is 6.61 Å². The number of carbonyl (C=O) groups excluding carboxylic acids is 2. The lowest BCUT2D eigenvalue weighted by atomic mass is 10.1. The topological polar surface area (TPSA) is 81.4 Å². The van der Waals surface area contributed by atoms with Crippen molar-refractivity contribution in [3.05, 3.63) is 0 Å². The lowest BCUT2D eigenvalue weighted by molar-refractivity contribution is -0.148. The van der Waals surface area contributed by atoms with Crippen molar-refractivity contribution >= 4 is 23.6 Å². The number of hydrogen-bond acceptors (Lipinski definition) is 5. The first-order chi connectivity index (χ1) is 7.65. The summed E-state index contributed by atoms with van der Waals surface area (Å²) in [5.74, 6) is 0.986. The lowest BCUT2D eigenvalue weighted by Crippen LogP contribution is -2.50. The maximum absolute atomic E-state index is 11.6. The van der Waals surface area contributed by atoms with Crippen LogP contribution in [0.25, 0.3) is 0 Å². The maximum atomic E-state index is 11.6. The molecule has 16 heavy (non-hydrogen) atoms. The molecular weight excluding hydrogens is 228 g/mol. The van der Waals surface area contributed by atoms with Gasteiger partial charge in [-0.15, -0.1) is 0 Å². The van der Waals surface area contributed by atoms with E-state index in [-0.39, 0.29) is 12.6 Å². The Bertz CT molecular complexity index is 254. The summed E-state index contributed by atoms with van der Waals surface area (Å²) in [6.45, 7) is 1.92. The number of thioether (sulfide) groups is 1. The summed E-state index contributed by atoms with van der Waals surface area (Å²) in [4.78, 5) is 22.8. The van der Waals surface area contributed by atoms with Gasteiger partial charge in [-0.1, -0.05) is 0 Å². The Labute approximate surface area is 99.5 Å². The van der Waals surface area contributed by atoms with Gasteiger partial charge in [0.25, 0.3) is 0 Å². The number of nitrogens with two attached hydrogens (primary N) is 1. The molecule has 0 aliphatic carbocycles. The van der Waals surface area contributed by atoms with Gasteiger partial charge in [0.2, 0.25) is 5.91 Å². The minimum Gasteiger partial charge on any atom is -0.464 e. The van der Waals surface area contributed by atoms with Crippen LogP contribution in [0.5, 0.6) is 0 Å². The molecule has 0 aromatic rings. The van der Waals surface area contributed by atoms with Crippen LogP contribution in [0.2, 0.25) is 0 Å². The fraction of sp³-hybridized carbons (Fsp3) is 0.800. The Morgan fingerprint density at radius 3 is 2.69 bits per heavy atom. The molecule has 1 fully saturated rings. The molecule has 0 radical (unpaired) electrons. The molecule has 5 nitrogen and oxygen atoms in total. The van der Waals surface area contributed by atoms with Crippen LogP contribution in [0.1, 0.15) is 19.8 Å². The third kappa shape index (κ3) is 4.02. The van der Waals surface area contributed by atoms with Crippen LogP contribution >= 0.6 is 11.8 Å². The second-order valence-corrected chi connectivity index (χ2v) is 4.85. The predicted octanol–water partition coefficient (Wildman–Crippen LogP) is -0.111. The van der Waals surface area contributed by atoms with Crippen molar-refractivity contribution in [1.82, 2.24) is 5.32 Å². The highest BCUT2D eigenvalue weighted by molar-refractivity contribution is 7.99. The van der Waals surface area contributed by atoms with E-state index in [2.05, 4.69) is 10.1 Å². The molecule has 1 amide bonds. The number of esters is 1. The van der Waals surface area contributed by atoms with Crippen molar-refractivity contribution < 1.29 is 14.3 Å². The van der Waals surface area contributed by atoms with Crippen LogP contribution in [-0.2, 0) is 14.3 Å². The third-order valence-electron chi connectivity index (χ3n) is 2.39. The second kappa shape index (κ2) is 6.75. The van der Waals surface area contributed by atoms with Gasteiger partial charge in [0.15, 0.2) is 6.04 Å². The van der Waals surface area contributed by atoms with Crippen molar-refractivity contribution in [3.63, 3.8) is 0 Å². The molecule has 1 aliphatic rings. The van der Waals surface area contributed by atoms with Gasteiger partial charge < -0.3 is 15.8 Å². The first-order valence-corrected chi connectivity index (χ1v) is 6.61. The molecule has 0 spiro atoms. The van der Waals surface area contributed by atoms with Gasteiger partial charge in [-0.3, -0.25) is 4.79 Å². The number of carbonyl (C=O) groups is 2. The zero-order valence-corrected chi connectivity index (χ0v) is 10.2. The SMILES string of the molecule is CCOC(=O)C(N)C(=O)NC1CCSCC1. The standard InChI is InChI=1S/C10H18N2O3S/c1-2-15-10(14)8(11)9(13)12-7-3-5-16-6-4-7/h7-8H,2-6,11H2,1H3,(H,12,13). The average molecular weight is 246 g/mol. The van der Waals surface area contributed by atoms with Crippen molar-refractivity contribution in [2.24, 2.45) is 5.73 Å². The summed E-state index contributed by atoms with van der Waals surface area (Å²) >= 11 is 1.87. The van der Waals surface area contributed by atoms with Crippen molar-refractivity contribution in [2.45, 2.75) is 31.8 Å². The minimum atomic E-state index is -1.20. The highest BCUT2D eigenvalue weighted by Gasteiger charge is 2.26. The Morgan fingerprint density at radius 2 is 2.12 bits per heavy atom. The Balaban J connectivity index is 2.35. The summed E-state index contributed by atoms with van der Waals surface area (Å²) in [5.41, 5.74) is 5.47. The third-order valence-corrected chi connectivity index (χ3v) is 3.44. The molecule has 1 rings (SSSR count). The van der Waals surface area contributed by atoms with Crippen LogP contribution in [0, 0.1) is 0 Å². The van der Waals surface area contributed by atoms with Crippen LogP contribution < -0.4 is 11.1 Å². The summed E-state index contributed by atoms with van der Waals surface area (Å²) in [6.07, 6.45) is 1.87. The molecule has 0 aromatic carbocycles. The zero-order chi connectivity index (χ0) is 12.0. The summed E-state index contributed by atoms with van der Waals surface area (Å²) in [5, 5.41) is 2.78. The number of ether oxygens (including phenoxy) is 1. The molecule has 3 N–H and O–H groups in total. The van der Waals surface area contributed by atoms with Gasteiger partial charge in [0, 0.05) is 6.04 Å². The smallest absolute Gasteiger partial charge is 0.332 e. The fourth-order valence-corrected chi connectivity index (χ4v) is 2.58. The molecule has 0 saturated carbocycles. The van der Waals surface area contributed by atoms with Crippen molar-refractivity contribution in [3.8, 4) is 0 Å². The molecule has 0 aromatic heterocycles. The van der Waals surface area contributed by atoms with Gasteiger partial charge in [-0.2, -0.15) is 11.8 Å². The minimum absolute atomic E-state index is 0.147. The molecule has 92 valence electrons. The maximum Gasteiger partial charge on any atom is 0.332 e. The summed E-state index contributed by atoms with van der Waals surface area (Å²) in [6, 6.07) is -1.05. The van der Waals surface area contributed by atoms with Crippen molar-refractivity contribution in [1.29, 1.82) is 0 Å². The van der Waals surface area contributed by atoms with E-state index in [4.69, 9.17) is 5.73 Å². The van der Waals surface area contributed by atoms with Crippen LogP contribution in [-0.4, -0.2) is 42.1 Å². The molecule has 0 bridgehead atoms. The second-order valence-electron chi connectivity index (χ2n) is 3.62. The highest BCUT2D eigenvalue weighted by atomic mass is 32.2. The van der Waals surface area contributed by atoms with Gasteiger partial charge in [0.1, 0.15) is 0 Å². The van der Waals surface area contributed by atoms with E-state index in [0.29, 0.717) is 0 Å². The van der Waals surface area contributed by atoms with Gasteiger partial charge in [-0.05, 0) is 31.3 Å². The van der Waals surface area contributed by atoms with E-state index < -0.39 is 17.9 Å². The molecule has 1 aliphatic heterocycles. The lowest BCUT2D eigenvalue weighted by Gasteiger charge is -2.23. The fourth-order valence-electron chi connectivity index (χ4n) is 1.47. The van der Waals surface area contributed by atoms with E-state index >= 15 is 0 Å². The number of rotatable bonds is 4. The first-order valence-electron chi connectivity index (χ1n) is 5.45. The average Bonchev–Trinajstić information content (AvgIpc) is 2.29. The molecule has 1 heterocycles. The largest absolute Gasteiger partial charge is 0.464 e. The van der Waals surface area contributed by atoms with E-state index in [1.807, 2.05) is 11.8 Å². The summed E-state index contributed by atoms with van der Waals surface area (Å²) < 4.78 is 4.69. The van der Waals surface area contributed by atoms with Gasteiger partial charge >= 0.3 is 5.97 Å². The van der Waals surface area contributed by atoms with Crippen LogP contribution in [0.4, 0.5) is 0 Å². The van der Waals surface area contributed by atoms with E-state index in [1.54, 1.807) is 6.92 Å². The highest BCUT2D eigenvalue weighted by Crippen LogP contribution is 2.16. The Kier molecular flexibility index (Phi) is 5.62. The number of amides is 1. The quantitative estimate of drug-likeness (QED) is 0.534. The number of hydrogen-bond donors (Lipinski definition) is 2. The monoisotopic (exact) mass is 246 g/mol. The van der Waals surface area contributed by atoms with Gasteiger partial charge in [-0.25, -0.2) is 4.79 Å². The molecule has 1 atom stereocenters. The molecular formula is C10H18N2O3S. The number of nitrogens with one attached hydrogen (secondary N) is 1. The van der Waals surface area contributed by atoms with Crippen LogP contribution in [0.15, 0.2) is 0 Å². The molecule has 1 unspecified atom stereocenters.